The lowest BCUT2D eigenvalue weighted by molar-refractivity contribution is -0.0656. The maximum Gasteiger partial charge on any atom is 0.280 e. The van der Waals surface area contributed by atoms with Gasteiger partial charge in [-0.2, -0.15) is 4.98 Å². The lowest BCUT2D eigenvalue weighted by Gasteiger charge is -2.22. The summed E-state index contributed by atoms with van der Waals surface area (Å²) < 4.78 is 12.8. The third kappa shape index (κ3) is 2.80. The average molecular weight is 337 g/mol. The van der Waals surface area contributed by atoms with Crippen molar-refractivity contribution in [2.75, 3.05) is 18.9 Å². The molecule has 0 bridgehead atoms. The lowest BCUT2D eigenvalue weighted by Crippen LogP contribution is -2.35. The number of rotatable bonds is 5. The van der Waals surface area contributed by atoms with Crippen molar-refractivity contribution in [1.82, 2.24) is 19.5 Å². The zero-order chi connectivity index (χ0) is 17.4. The zero-order valence-corrected chi connectivity index (χ0v) is 13.0. The third-order valence-electron chi connectivity index (χ3n) is 3.74. The van der Waals surface area contributed by atoms with Gasteiger partial charge in [0, 0.05) is 0 Å². The van der Waals surface area contributed by atoms with Gasteiger partial charge in [0.05, 0.1) is 19.5 Å². The number of nitrogens with zero attached hydrogens (tertiary/aromatic N) is 3. The number of hydrogen-bond acceptors (Lipinski definition) is 8. The number of H-pyrrole nitrogens is 1. The Kier molecular flexibility index (Phi) is 4.37. The van der Waals surface area contributed by atoms with Crippen LogP contribution in [0.4, 0.5) is 5.95 Å². The van der Waals surface area contributed by atoms with Crippen LogP contribution >= 0.6 is 0 Å². The first-order chi connectivity index (χ1) is 11.4. The molecule has 5 N–H and O–H groups in total. The summed E-state index contributed by atoms with van der Waals surface area (Å²) in [5.41, 5.74) is 6.17. The number of aromatic amines is 1. The number of nitrogen functional groups attached to an aromatic ring is 1. The number of imidazole rings is 1. The van der Waals surface area contributed by atoms with Crippen LogP contribution in [0.25, 0.3) is 11.2 Å². The Hall–Kier alpha value is -2.27. The highest BCUT2D eigenvalue weighted by Crippen LogP contribution is 2.33. The molecule has 0 aliphatic carbocycles. The molecular weight excluding hydrogens is 318 g/mol. The standard InChI is InChI=1S/C14H19N5O5/c1-6(2)4-23-10-9(21)7(3-20)24-13(10)19-5-16-8-11(19)17-14(15)18-12(8)22/h5,7,9-10,13,20-21H,1,3-4H2,2H3,(H3,15,17,18,22)/t7-,9?,10?,13-/m1/s1. The van der Waals surface area contributed by atoms with Crippen LogP contribution in [0.3, 0.4) is 0 Å². The van der Waals surface area contributed by atoms with E-state index >= 15 is 0 Å². The van der Waals surface area contributed by atoms with Crippen LogP contribution in [0.1, 0.15) is 13.2 Å². The number of nitrogens with two attached hydrogens (primary N) is 1. The van der Waals surface area contributed by atoms with Crippen molar-refractivity contribution in [3.63, 3.8) is 0 Å². The van der Waals surface area contributed by atoms with E-state index in [4.69, 9.17) is 15.2 Å². The Balaban J connectivity index is 2.02. The maximum atomic E-state index is 11.9. The van der Waals surface area contributed by atoms with Crippen LogP contribution < -0.4 is 11.3 Å². The average Bonchev–Trinajstić information content (AvgIpc) is 3.06. The van der Waals surface area contributed by atoms with E-state index in [9.17, 15) is 15.0 Å². The quantitative estimate of drug-likeness (QED) is 0.503. The van der Waals surface area contributed by atoms with Gasteiger partial charge >= 0.3 is 0 Å². The molecule has 10 heteroatoms. The Morgan fingerprint density at radius 1 is 1.62 bits per heavy atom. The second-order valence-corrected chi connectivity index (χ2v) is 5.75. The normalized spacial score (nSPS) is 27.0. The van der Waals surface area contributed by atoms with E-state index in [0.717, 1.165) is 5.57 Å². The number of anilines is 1. The first kappa shape index (κ1) is 16.6. The molecule has 130 valence electrons. The van der Waals surface area contributed by atoms with E-state index in [1.807, 2.05) is 0 Å². The van der Waals surface area contributed by atoms with Gasteiger partial charge in [0.15, 0.2) is 17.4 Å². The summed E-state index contributed by atoms with van der Waals surface area (Å²) in [5.74, 6) is -0.0640. The van der Waals surface area contributed by atoms with Crippen LogP contribution in [0.2, 0.25) is 0 Å². The molecule has 0 amide bonds. The van der Waals surface area contributed by atoms with Crippen molar-refractivity contribution in [3.05, 3.63) is 28.8 Å². The van der Waals surface area contributed by atoms with Crippen molar-refractivity contribution in [2.45, 2.75) is 31.5 Å². The number of nitrogens with one attached hydrogen (secondary N) is 1. The summed E-state index contributed by atoms with van der Waals surface area (Å²) in [6.45, 7) is 5.37. The summed E-state index contributed by atoms with van der Waals surface area (Å²) in [7, 11) is 0. The van der Waals surface area contributed by atoms with Gasteiger partial charge in [0.2, 0.25) is 5.95 Å². The number of aliphatic hydroxyl groups excluding tert-OH is 2. The van der Waals surface area contributed by atoms with E-state index in [-0.39, 0.29) is 30.3 Å². The molecule has 0 radical (unpaired) electrons. The van der Waals surface area contributed by atoms with E-state index in [2.05, 4.69) is 21.5 Å². The van der Waals surface area contributed by atoms with E-state index < -0.39 is 30.1 Å². The molecule has 2 aromatic rings. The first-order valence-electron chi connectivity index (χ1n) is 7.35. The van der Waals surface area contributed by atoms with Crippen LogP contribution in [0, 0.1) is 0 Å². The van der Waals surface area contributed by atoms with Crippen LogP contribution in [0.15, 0.2) is 23.3 Å². The summed E-state index contributed by atoms with van der Waals surface area (Å²) in [5, 5.41) is 19.7. The summed E-state index contributed by atoms with van der Waals surface area (Å²) >= 11 is 0. The molecule has 0 spiro atoms. The second-order valence-electron chi connectivity index (χ2n) is 5.75. The number of ether oxygens (including phenoxy) is 2. The minimum Gasteiger partial charge on any atom is -0.394 e. The Labute approximate surface area is 136 Å². The van der Waals surface area contributed by atoms with Gasteiger partial charge in [-0.1, -0.05) is 12.2 Å². The molecule has 1 fully saturated rings. The van der Waals surface area contributed by atoms with E-state index in [1.54, 1.807) is 6.92 Å². The highest BCUT2D eigenvalue weighted by molar-refractivity contribution is 5.70. The van der Waals surface area contributed by atoms with Gasteiger partial charge in [0.1, 0.15) is 18.3 Å². The highest BCUT2D eigenvalue weighted by Gasteiger charge is 2.45. The monoisotopic (exact) mass is 337 g/mol. The molecular formula is C14H19N5O5. The molecule has 2 unspecified atom stereocenters. The van der Waals surface area contributed by atoms with Crippen LogP contribution in [-0.4, -0.2) is 61.3 Å². The summed E-state index contributed by atoms with van der Waals surface area (Å²) in [6.07, 6.45) is -2.15. The molecule has 0 saturated carbocycles. The SMILES string of the molecule is C=C(C)COC1C(O)[C@@H](CO)O[C@H]1n1cnc2c(=O)[nH]c(N)nc21. The fourth-order valence-electron chi connectivity index (χ4n) is 2.64. The maximum absolute atomic E-state index is 11.9. The van der Waals surface area contributed by atoms with Crippen LogP contribution in [0.5, 0.6) is 0 Å². The van der Waals surface area contributed by atoms with Gasteiger partial charge in [-0.05, 0) is 6.92 Å². The molecule has 3 rings (SSSR count). The lowest BCUT2D eigenvalue weighted by atomic mass is 10.1. The molecule has 1 saturated heterocycles. The molecule has 1 aliphatic heterocycles. The molecule has 2 aromatic heterocycles. The molecule has 10 nitrogen and oxygen atoms in total. The van der Waals surface area contributed by atoms with Crippen molar-refractivity contribution < 1.29 is 19.7 Å². The van der Waals surface area contributed by atoms with Gasteiger partial charge in [-0.15, -0.1) is 0 Å². The minimum absolute atomic E-state index is 0.0640. The molecule has 0 aromatic carbocycles. The summed E-state index contributed by atoms with van der Waals surface area (Å²) in [4.78, 5) is 22.3. The Bertz CT molecular complexity index is 815. The predicted octanol–water partition coefficient (Wildman–Crippen LogP) is -1.09. The van der Waals surface area contributed by atoms with Crippen LogP contribution in [-0.2, 0) is 9.47 Å². The molecule has 3 heterocycles. The number of aliphatic hydroxyl groups is 2. The van der Waals surface area contributed by atoms with E-state index in [1.165, 1.54) is 10.9 Å². The third-order valence-corrected chi connectivity index (χ3v) is 3.74. The highest BCUT2D eigenvalue weighted by atomic mass is 16.6. The zero-order valence-electron chi connectivity index (χ0n) is 13.0. The Morgan fingerprint density at radius 2 is 2.38 bits per heavy atom. The minimum atomic E-state index is -1.06. The number of hydrogen-bond donors (Lipinski definition) is 4. The van der Waals surface area contributed by atoms with Crippen molar-refractivity contribution in [3.8, 4) is 0 Å². The first-order valence-corrected chi connectivity index (χ1v) is 7.35. The summed E-state index contributed by atoms with van der Waals surface area (Å²) in [6, 6.07) is 0. The fourth-order valence-corrected chi connectivity index (χ4v) is 2.64. The fraction of sp³-hybridized carbons (Fsp3) is 0.500. The molecule has 1 aliphatic rings. The smallest absolute Gasteiger partial charge is 0.280 e. The largest absolute Gasteiger partial charge is 0.394 e. The second kappa shape index (κ2) is 6.32. The van der Waals surface area contributed by atoms with Gasteiger partial charge in [-0.25, -0.2) is 4.98 Å². The van der Waals surface area contributed by atoms with Crippen molar-refractivity contribution in [1.29, 1.82) is 0 Å². The topological polar surface area (TPSA) is 149 Å². The van der Waals surface area contributed by atoms with Crippen molar-refractivity contribution in [2.24, 2.45) is 0 Å². The molecule has 4 atom stereocenters. The predicted molar refractivity (Wildman–Crippen MR) is 84.1 cm³/mol. The van der Waals surface area contributed by atoms with Gasteiger partial charge in [0.25, 0.3) is 5.56 Å². The van der Waals surface area contributed by atoms with Gasteiger partial charge in [-0.3, -0.25) is 14.3 Å². The number of aromatic nitrogens is 4. The molecule has 24 heavy (non-hydrogen) atoms. The van der Waals surface area contributed by atoms with Crippen molar-refractivity contribution >= 4 is 17.1 Å². The van der Waals surface area contributed by atoms with E-state index in [0.29, 0.717) is 0 Å². The number of fused-ring (bicyclic) bond motifs is 1. The van der Waals surface area contributed by atoms with Gasteiger partial charge < -0.3 is 25.4 Å². The Morgan fingerprint density at radius 3 is 3.04 bits per heavy atom.